The van der Waals surface area contributed by atoms with E-state index in [9.17, 15) is 9.59 Å². The van der Waals surface area contributed by atoms with Gasteiger partial charge in [-0.3, -0.25) is 9.69 Å². The molecule has 30 heavy (non-hydrogen) atoms. The van der Waals surface area contributed by atoms with Crippen LogP contribution in [0.15, 0.2) is 22.7 Å². The topological polar surface area (TPSA) is 122 Å². The Morgan fingerprint density at radius 3 is 2.50 bits per heavy atom. The zero-order chi connectivity index (χ0) is 22.5. The summed E-state index contributed by atoms with van der Waals surface area (Å²) in [5.74, 6) is 0.934. The normalized spacial score (nSPS) is 12.0. The highest BCUT2D eigenvalue weighted by molar-refractivity contribution is 5.91. The smallest absolute Gasteiger partial charge is 0.408 e. The molecular formula is C20H30N6O4. The average molecular weight is 418 g/mol. The van der Waals surface area contributed by atoms with E-state index in [1.807, 2.05) is 19.1 Å². The fourth-order valence-electron chi connectivity index (χ4n) is 2.51. The number of aryl methyl sites for hydroxylation is 1. The molecule has 0 saturated carbocycles. The number of nitrogens with zero attached hydrogens (tertiary/aromatic N) is 4. The number of carbonyl (C=O) groups is 2. The van der Waals surface area contributed by atoms with Gasteiger partial charge in [-0.15, -0.1) is 0 Å². The van der Waals surface area contributed by atoms with Gasteiger partial charge in [0.2, 0.25) is 11.8 Å². The fourth-order valence-corrected chi connectivity index (χ4v) is 2.51. The second-order valence-electron chi connectivity index (χ2n) is 8.65. The van der Waals surface area contributed by atoms with Crippen molar-refractivity contribution < 1.29 is 18.8 Å². The van der Waals surface area contributed by atoms with Crippen molar-refractivity contribution in [2.24, 2.45) is 0 Å². The van der Waals surface area contributed by atoms with Crippen LogP contribution in [0.4, 0.5) is 10.6 Å². The molecule has 0 saturated heterocycles. The SMILES string of the molecule is Cc1cccc(NC(=O)CN(C)Cc2nc(C(C)(C)NC(=O)OC(C)(C)C)no2)n1. The molecule has 0 radical (unpaired) electrons. The molecule has 10 nitrogen and oxygen atoms in total. The van der Waals surface area contributed by atoms with Crippen molar-refractivity contribution in [1.29, 1.82) is 0 Å². The quantitative estimate of drug-likeness (QED) is 0.703. The van der Waals surface area contributed by atoms with Crippen LogP contribution >= 0.6 is 0 Å². The minimum Gasteiger partial charge on any atom is -0.444 e. The van der Waals surface area contributed by atoms with Crippen LogP contribution in [0.3, 0.4) is 0 Å². The van der Waals surface area contributed by atoms with Crippen LogP contribution in [-0.4, -0.2) is 51.2 Å². The van der Waals surface area contributed by atoms with Crippen LogP contribution in [0.1, 0.15) is 52.0 Å². The van der Waals surface area contributed by atoms with E-state index in [0.717, 1.165) is 5.69 Å². The lowest BCUT2D eigenvalue weighted by Crippen LogP contribution is -2.44. The Hall–Kier alpha value is -3.01. The summed E-state index contributed by atoms with van der Waals surface area (Å²) in [5, 5.41) is 9.43. The molecule has 0 aliphatic carbocycles. The first-order valence-electron chi connectivity index (χ1n) is 9.60. The minimum absolute atomic E-state index is 0.118. The van der Waals surface area contributed by atoms with Crippen LogP contribution in [0.2, 0.25) is 0 Å². The highest BCUT2D eigenvalue weighted by atomic mass is 16.6. The monoisotopic (exact) mass is 418 g/mol. The van der Waals surface area contributed by atoms with Crippen molar-refractivity contribution in [3.05, 3.63) is 35.6 Å². The number of aromatic nitrogens is 3. The molecule has 0 aliphatic rings. The summed E-state index contributed by atoms with van der Waals surface area (Å²) >= 11 is 0. The van der Waals surface area contributed by atoms with Gasteiger partial charge in [-0.2, -0.15) is 4.98 Å². The van der Waals surface area contributed by atoms with Gasteiger partial charge in [-0.25, -0.2) is 9.78 Å². The lowest BCUT2D eigenvalue weighted by atomic mass is 10.1. The Morgan fingerprint density at radius 2 is 1.87 bits per heavy atom. The lowest BCUT2D eigenvalue weighted by Gasteiger charge is -2.26. The van der Waals surface area contributed by atoms with Crippen LogP contribution in [0, 0.1) is 6.92 Å². The first-order valence-corrected chi connectivity index (χ1v) is 9.60. The second kappa shape index (κ2) is 9.21. The van der Waals surface area contributed by atoms with Crippen molar-refractivity contribution in [2.75, 3.05) is 18.9 Å². The molecule has 0 fully saturated rings. The number of likely N-dealkylation sites (N-methyl/N-ethyl adjacent to an activating group) is 1. The summed E-state index contributed by atoms with van der Waals surface area (Å²) in [5.41, 5.74) is -0.682. The summed E-state index contributed by atoms with van der Waals surface area (Å²) in [6, 6.07) is 5.41. The summed E-state index contributed by atoms with van der Waals surface area (Å²) in [6.45, 7) is 11.1. The van der Waals surface area contributed by atoms with Crippen molar-refractivity contribution in [3.63, 3.8) is 0 Å². The van der Waals surface area contributed by atoms with E-state index in [1.165, 1.54) is 0 Å². The Labute approximate surface area is 176 Å². The van der Waals surface area contributed by atoms with Gasteiger partial charge in [0, 0.05) is 5.69 Å². The largest absolute Gasteiger partial charge is 0.444 e. The molecular weight excluding hydrogens is 388 g/mol. The fraction of sp³-hybridized carbons (Fsp3) is 0.550. The third kappa shape index (κ3) is 7.43. The Bertz CT molecular complexity index is 887. The predicted octanol–water partition coefficient (Wildman–Crippen LogP) is 2.60. The van der Waals surface area contributed by atoms with Crippen LogP contribution < -0.4 is 10.6 Å². The predicted molar refractivity (Wildman–Crippen MR) is 111 cm³/mol. The molecule has 164 valence electrons. The van der Waals surface area contributed by atoms with Gasteiger partial charge in [0.05, 0.1) is 13.1 Å². The van der Waals surface area contributed by atoms with E-state index in [0.29, 0.717) is 17.5 Å². The van der Waals surface area contributed by atoms with Crippen LogP contribution in [0.25, 0.3) is 0 Å². The number of ether oxygens (including phenoxy) is 1. The highest BCUT2D eigenvalue weighted by Crippen LogP contribution is 2.18. The van der Waals surface area contributed by atoms with E-state index in [-0.39, 0.29) is 19.0 Å². The number of hydrogen-bond acceptors (Lipinski definition) is 8. The molecule has 2 heterocycles. The number of nitrogens with one attached hydrogen (secondary N) is 2. The molecule has 10 heteroatoms. The van der Waals surface area contributed by atoms with Crippen molar-refractivity contribution in [2.45, 2.75) is 59.2 Å². The average Bonchev–Trinajstić information content (AvgIpc) is 3.01. The molecule has 0 unspecified atom stereocenters. The minimum atomic E-state index is -0.892. The number of alkyl carbamates (subject to hydrolysis) is 1. The van der Waals surface area contributed by atoms with Crippen LogP contribution in [0.5, 0.6) is 0 Å². The molecule has 2 rings (SSSR count). The highest BCUT2D eigenvalue weighted by Gasteiger charge is 2.31. The third-order valence-corrected chi connectivity index (χ3v) is 3.82. The molecule has 2 N–H and O–H groups in total. The molecule has 2 aromatic heterocycles. The van der Waals surface area contributed by atoms with Gasteiger partial charge in [0.1, 0.15) is 17.0 Å². The number of pyridine rings is 1. The first-order chi connectivity index (χ1) is 13.8. The van der Waals surface area contributed by atoms with Gasteiger partial charge in [-0.05, 0) is 60.7 Å². The summed E-state index contributed by atoms with van der Waals surface area (Å²) < 4.78 is 10.6. The van der Waals surface area contributed by atoms with Gasteiger partial charge < -0.3 is 19.9 Å². The Morgan fingerprint density at radius 1 is 1.17 bits per heavy atom. The zero-order valence-electron chi connectivity index (χ0n) is 18.6. The Balaban J connectivity index is 1.90. The maximum atomic E-state index is 12.2. The third-order valence-electron chi connectivity index (χ3n) is 3.82. The summed E-state index contributed by atoms with van der Waals surface area (Å²) in [4.78, 5) is 34.6. The van der Waals surface area contributed by atoms with Crippen LogP contribution in [-0.2, 0) is 21.6 Å². The number of amides is 2. The van der Waals surface area contributed by atoms with Gasteiger partial charge >= 0.3 is 6.09 Å². The molecule has 0 aliphatic heterocycles. The number of carbonyl (C=O) groups excluding carboxylic acids is 2. The van der Waals surface area contributed by atoms with E-state index < -0.39 is 17.2 Å². The summed E-state index contributed by atoms with van der Waals surface area (Å²) in [7, 11) is 1.76. The molecule has 0 atom stereocenters. The molecule has 0 spiro atoms. The van der Waals surface area contributed by atoms with Crippen molar-refractivity contribution in [3.8, 4) is 0 Å². The molecule has 0 bridgehead atoms. The van der Waals surface area contributed by atoms with E-state index in [2.05, 4.69) is 25.8 Å². The lowest BCUT2D eigenvalue weighted by molar-refractivity contribution is -0.117. The van der Waals surface area contributed by atoms with Gasteiger partial charge in [0.25, 0.3) is 0 Å². The molecule has 2 aromatic rings. The number of anilines is 1. The molecule has 2 amide bonds. The standard InChI is InChI=1S/C20H30N6O4/c1-13-9-8-10-14(21-13)22-15(27)11-26(7)12-16-23-17(25-30-16)20(5,6)24-18(28)29-19(2,3)4/h8-10H,11-12H2,1-7H3,(H,24,28)(H,21,22,27). The zero-order valence-corrected chi connectivity index (χ0v) is 18.6. The van der Waals surface area contributed by atoms with E-state index in [4.69, 9.17) is 9.26 Å². The van der Waals surface area contributed by atoms with Crippen molar-refractivity contribution >= 4 is 17.8 Å². The van der Waals surface area contributed by atoms with Gasteiger partial charge in [0.15, 0.2) is 5.82 Å². The molecule has 0 aromatic carbocycles. The second-order valence-corrected chi connectivity index (χ2v) is 8.65. The maximum absolute atomic E-state index is 12.2. The maximum Gasteiger partial charge on any atom is 0.408 e. The summed E-state index contributed by atoms with van der Waals surface area (Å²) in [6.07, 6.45) is -0.572. The Kier molecular flexibility index (Phi) is 7.14. The van der Waals surface area contributed by atoms with E-state index >= 15 is 0 Å². The number of hydrogen-bond donors (Lipinski definition) is 2. The number of rotatable bonds is 7. The van der Waals surface area contributed by atoms with Gasteiger partial charge in [-0.1, -0.05) is 11.2 Å². The van der Waals surface area contributed by atoms with E-state index in [1.54, 1.807) is 52.6 Å². The first kappa shape index (κ1) is 23.3. The van der Waals surface area contributed by atoms with Crippen molar-refractivity contribution in [1.82, 2.24) is 25.3 Å².